The maximum absolute atomic E-state index is 4.41. The maximum atomic E-state index is 4.41. The van der Waals surface area contributed by atoms with Crippen LogP contribution in [-0.4, -0.2) is 26.4 Å². The van der Waals surface area contributed by atoms with Crippen LogP contribution < -0.4 is 5.32 Å². The van der Waals surface area contributed by atoms with Gasteiger partial charge in [-0.25, -0.2) is 4.52 Å². The summed E-state index contributed by atoms with van der Waals surface area (Å²) in [5.74, 6) is 0. The molecular formula is C15H19N5. The molecule has 0 saturated carbocycles. The van der Waals surface area contributed by atoms with E-state index in [0.717, 1.165) is 18.4 Å². The monoisotopic (exact) mass is 269 g/mol. The second-order valence-electron chi connectivity index (χ2n) is 4.96. The minimum absolute atomic E-state index is 0.296. The summed E-state index contributed by atoms with van der Waals surface area (Å²) >= 11 is 0. The Balaban J connectivity index is 1.81. The first-order valence-electron chi connectivity index (χ1n) is 6.86. The number of nitrogens with zero attached hydrogens (tertiary/aromatic N) is 4. The van der Waals surface area contributed by atoms with Gasteiger partial charge in [-0.15, -0.1) is 0 Å². The first kappa shape index (κ1) is 12.9. The van der Waals surface area contributed by atoms with Crippen LogP contribution in [0.25, 0.3) is 5.52 Å². The third-order valence-corrected chi connectivity index (χ3v) is 3.79. The van der Waals surface area contributed by atoms with Crippen LogP contribution in [0.1, 0.15) is 23.7 Å². The third-order valence-electron chi connectivity index (χ3n) is 3.79. The van der Waals surface area contributed by atoms with Gasteiger partial charge in [0.15, 0.2) is 0 Å². The van der Waals surface area contributed by atoms with Crippen molar-refractivity contribution in [2.75, 3.05) is 7.05 Å². The number of pyridine rings is 1. The molecule has 3 aromatic rings. The summed E-state index contributed by atoms with van der Waals surface area (Å²) in [4.78, 5) is 0. The van der Waals surface area contributed by atoms with Crippen LogP contribution in [0, 0.1) is 0 Å². The summed E-state index contributed by atoms with van der Waals surface area (Å²) in [6, 6.07) is 8.52. The summed E-state index contributed by atoms with van der Waals surface area (Å²) in [6.07, 6.45) is 7.80. The third kappa shape index (κ3) is 2.32. The van der Waals surface area contributed by atoms with Gasteiger partial charge in [0, 0.05) is 36.7 Å². The highest BCUT2D eigenvalue weighted by atomic mass is 15.3. The van der Waals surface area contributed by atoms with Crippen LogP contribution in [0.15, 0.2) is 42.9 Å². The van der Waals surface area contributed by atoms with Crippen molar-refractivity contribution < 1.29 is 0 Å². The molecule has 1 N–H and O–H groups in total. The minimum atomic E-state index is 0.296. The van der Waals surface area contributed by atoms with E-state index in [4.69, 9.17) is 0 Å². The Bertz CT molecular complexity index is 697. The minimum Gasteiger partial charge on any atom is -0.313 e. The van der Waals surface area contributed by atoms with Crippen molar-refractivity contribution in [3.8, 4) is 0 Å². The summed E-state index contributed by atoms with van der Waals surface area (Å²) < 4.78 is 3.85. The van der Waals surface area contributed by atoms with Crippen molar-refractivity contribution in [3.05, 3.63) is 54.1 Å². The van der Waals surface area contributed by atoms with Gasteiger partial charge in [-0.05, 0) is 38.1 Å². The molecule has 20 heavy (non-hydrogen) atoms. The van der Waals surface area contributed by atoms with E-state index in [1.807, 2.05) is 54.0 Å². The maximum Gasteiger partial charge on any atom is 0.0709 e. The van der Waals surface area contributed by atoms with Gasteiger partial charge in [0.25, 0.3) is 0 Å². The Labute approximate surface area is 118 Å². The Kier molecular flexibility index (Phi) is 3.52. The molecule has 0 aliphatic heterocycles. The standard InChI is InChI=1S/C15H19N5/c1-16-14(7-6-12-8-9-17-19(12)2)13-11-18-20-10-4-3-5-15(13)20/h3-5,8-11,14,16H,6-7H2,1-2H3. The molecule has 0 aliphatic rings. The first-order valence-corrected chi connectivity index (χ1v) is 6.86. The predicted octanol–water partition coefficient (Wildman–Crippen LogP) is 1.96. The average molecular weight is 269 g/mol. The van der Waals surface area contributed by atoms with Gasteiger partial charge in [0.2, 0.25) is 0 Å². The lowest BCUT2D eigenvalue weighted by Gasteiger charge is -2.15. The highest BCUT2D eigenvalue weighted by Gasteiger charge is 2.15. The van der Waals surface area contributed by atoms with Gasteiger partial charge in [0.1, 0.15) is 0 Å². The molecule has 3 rings (SSSR count). The summed E-state index contributed by atoms with van der Waals surface area (Å²) in [5, 5.41) is 12.0. The van der Waals surface area contributed by atoms with Crippen LogP contribution >= 0.6 is 0 Å². The fourth-order valence-corrected chi connectivity index (χ4v) is 2.62. The second kappa shape index (κ2) is 5.46. The number of rotatable bonds is 5. The lowest BCUT2D eigenvalue weighted by molar-refractivity contribution is 0.538. The topological polar surface area (TPSA) is 47.2 Å². The number of fused-ring (bicyclic) bond motifs is 1. The Morgan fingerprint density at radius 3 is 2.90 bits per heavy atom. The molecule has 1 atom stereocenters. The molecular weight excluding hydrogens is 250 g/mol. The van der Waals surface area contributed by atoms with Gasteiger partial charge in [-0.3, -0.25) is 4.68 Å². The lowest BCUT2D eigenvalue weighted by atomic mass is 10.0. The van der Waals surface area contributed by atoms with Crippen LogP contribution in [0.3, 0.4) is 0 Å². The molecule has 0 spiro atoms. The zero-order valence-electron chi connectivity index (χ0n) is 11.8. The molecule has 0 aliphatic carbocycles. The molecule has 5 heteroatoms. The van der Waals surface area contributed by atoms with E-state index in [2.05, 4.69) is 27.6 Å². The number of aryl methyl sites for hydroxylation is 2. The van der Waals surface area contributed by atoms with Crippen LogP contribution in [0.4, 0.5) is 0 Å². The molecule has 0 bridgehead atoms. The molecule has 5 nitrogen and oxygen atoms in total. The van der Waals surface area contributed by atoms with E-state index in [1.54, 1.807) is 0 Å². The first-order chi connectivity index (χ1) is 9.79. The largest absolute Gasteiger partial charge is 0.313 e. The lowest BCUT2D eigenvalue weighted by Crippen LogP contribution is -2.17. The van der Waals surface area contributed by atoms with E-state index in [0.29, 0.717) is 6.04 Å². The van der Waals surface area contributed by atoms with E-state index in [1.165, 1.54) is 11.3 Å². The Hall–Kier alpha value is -2.14. The molecule has 0 amide bonds. The highest BCUT2D eigenvalue weighted by Crippen LogP contribution is 2.23. The second-order valence-corrected chi connectivity index (χ2v) is 4.96. The van der Waals surface area contributed by atoms with Gasteiger partial charge in [-0.1, -0.05) is 6.07 Å². The van der Waals surface area contributed by atoms with Crippen molar-refractivity contribution in [3.63, 3.8) is 0 Å². The Morgan fingerprint density at radius 1 is 1.25 bits per heavy atom. The predicted molar refractivity (Wildman–Crippen MR) is 78.5 cm³/mol. The van der Waals surface area contributed by atoms with Gasteiger partial charge < -0.3 is 5.32 Å². The van der Waals surface area contributed by atoms with Crippen molar-refractivity contribution >= 4 is 5.52 Å². The van der Waals surface area contributed by atoms with E-state index in [-0.39, 0.29) is 0 Å². The smallest absolute Gasteiger partial charge is 0.0709 e. The van der Waals surface area contributed by atoms with Crippen LogP contribution in [-0.2, 0) is 13.5 Å². The summed E-state index contributed by atoms with van der Waals surface area (Å²) in [7, 11) is 3.99. The average Bonchev–Trinajstić information content (AvgIpc) is 3.07. The molecule has 0 fully saturated rings. The zero-order chi connectivity index (χ0) is 13.9. The molecule has 0 aromatic carbocycles. The van der Waals surface area contributed by atoms with E-state index < -0.39 is 0 Å². The number of hydrogen-bond acceptors (Lipinski definition) is 3. The van der Waals surface area contributed by atoms with Crippen molar-refractivity contribution in [1.82, 2.24) is 24.7 Å². The van der Waals surface area contributed by atoms with Crippen molar-refractivity contribution in [2.45, 2.75) is 18.9 Å². The Morgan fingerprint density at radius 2 is 2.15 bits per heavy atom. The van der Waals surface area contributed by atoms with Gasteiger partial charge in [0.05, 0.1) is 11.7 Å². The molecule has 3 aromatic heterocycles. The van der Waals surface area contributed by atoms with Crippen LogP contribution in [0.5, 0.6) is 0 Å². The number of nitrogens with one attached hydrogen (secondary N) is 1. The highest BCUT2D eigenvalue weighted by molar-refractivity contribution is 5.54. The normalized spacial score (nSPS) is 12.9. The zero-order valence-corrected chi connectivity index (χ0v) is 11.8. The van der Waals surface area contributed by atoms with Crippen molar-refractivity contribution in [2.24, 2.45) is 7.05 Å². The molecule has 3 heterocycles. The SMILES string of the molecule is CNC(CCc1ccnn1C)c1cnn2ccccc12. The van der Waals surface area contributed by atoms with Gasteiger partial charge in [-0.2, -0.15) is 10.2 Å². The molecule has 1 unspecified atom stereocenters. The number of hydrogen-bond donors (Lipinski definition) is 1. The molecule has 104 valence electrons. The van der Waals surface area contributed by atoms with Crippen LogP contribution in [0.2, 0.25) is 0 Å². The van der Waals surface area contributed by atoms with E-state index >= 15 is 0 Å². The van der Waals surface area contributed by atoms with Crippen molar-refractivity contribution in [1.29, 1.82) is 0 Å². The molecule has 0 saturated heterocycles. The fourth-order valence-electron chi connectivity index (χ4n) is 2.62. The van der Waals surface area contributed by atoms with E-state index in [9.17, 15) is 0 Å². The fraction of sp³-hybridized carbons (Fsp3) is 0.333. The molecule has 0 radical (unpaired) electrons. The summed E-state index contributed by atoms with van der Waals surface area (Å²) in [6.45, 7) is 0. The van der Waals surface area contributed by atoms with Gasteiger partial charge >= 0.3 is 0 Å². The number of aromatic nitrogens is 4. The quantitative estimate of drug-likeness (QED) is 0.770. The summed E-state index contributed by atoms with van der Waals surface area (Å²) in [5.41, 5.74) is 3.66.